The van der Waals surface area contributed by atoms with Crippen molar-refractivity contribution < 1.29 is 17.5 Å². The van der Waals surface area contributed by atoms with Crippen LogP contribution < -0.4 is 0 Å². The number of hydrogen-bond donors (Lipinski definition) is 0. The normalized spacial score (nSPS) is 22.1. The van der Waals surface area contributed by atoms with Crippen molar-refractivity contribution >= 4 is 10.1 Å². The maximum absolute atomic E-state index is 10.4. The molecule has 4 nitrogen and oxygen atoms in total. The van der Waals surface area contributed by atoms with Crippen molar-refractivity contribution in [2.45, 2.75) is 25.7 Å². The molecule has 0 N–H and O–H groups in total. The lowest BCUT2D eigenvalue weighted by atomic mass is 10.1. The predicted molar refractivity (Wildman–Crippen MR) is 53.8 cm³/mol. The molecule has 5 heteroatoms. The minimum Gasteiger partial charge on any atom is -0.748 e. The van der Waals surface area contributed by atoms with Crippen molar-refractivity contribution in [1.29, 1.82) is 0 Å². The first kappa shape index (κ1) is 11.9. The third kappa shape index (κ3) is 4.39. The molecule has 1 saturated heterocycles. The van der Waals surface area contributed by atoms with Gasteiger partial charge in [-0.3, -0.25) is 0 Å². The highest BCUT2D eigenvalue weighted by molar-refractivity contribution is 7.85. The molecular formula is C9H19NO3S. The molecule has 1 fully saturated rings. The fourth-order valence-electron chi connectivity index (χ4n) is 2.12. The van der Waals surface area contributed by atoms with Gasteiger partial charge < -0.3 is 9.04 Å². The summed E-state index contributed by atoms with van der Waals surface area (Å²) in [6.07, 6.45) is 4.23. The first-order chi connectivity index (χ1) is 6.41. The van der Waals surface area contributed by atoms with Crippen molar-refractivity contribution in [2.75, 3.05) is 32.4 Å². The fourth-order valence-corrected chi connectivity index (χ4v) is 2.60. The third-order valence-corrected chi connectivity index (χ3v) is 3.78. The molecule has 1 heterocycles. The van der Waals surface area contributed by atoms with Crippen LogP contribution in [0.2, 0.25) is 0 Å². The lowest BCUT2D eigenvalue weighted by molar-refractivity contribution is -0.914. The Morgan fingerprint density at radius 1 is 1.21 bits per heavy atom. The van der Waals surface area contributed by atoms with Crippen molar-refractivity contribution in [3.05, 3.63) is 0 Å². The predicted octanol–water partition coefficient (Wildman–Crippen LogP) is 0.552. The van der Waals surface area contributed by atoms with Gasteiger partial charge in [-0.2, -0.15) is 0 Å². The van der Waals surface area contributed by atoms with Gasteiger partial charge in [-0.15, -0.1) is 0 Å². The van der Waals surface area contributed by atoms with Crippen molar-refractivity contribution in [1.82, 2.24) is 0 Å². The molecule has 14 heavy (non-hydrogen) atoms. The quantitative estimate of drug-likeness (QED) is 0.514. The molecule has 0 aliphatic carbocycles. The molecule has 1 rings (SSSR count). The van der Waals surface area contributed by atoms with Crippen LogP contribution in [0.25, 0.3) is 0 Å². The summed E-state index contributed by atoms with van der Waals surface area (Å²) in [6, 6.07) is 0. The van der Waals surface area contributed by atoms with Gasteiger partial charge in [0.2, 0.25) is 0 Å². The summed E-state index contributed by atoms with van der Waals surface area (Å²) in [7, 11) is -1.86. The minimum absolute atomic E-state index is 0.208. The summed E-state index contributed by atoms with van der Waals surface area (Å²) in [6.45, 7) is 3.07. The molecule has 0 unspecified atom stereocenters. The molecule has 0 radical (unpaired) electrons. The van der Waals surface area contributed by atoms with Gasteiger partial charge in [0.15, 0.2) is 0 Å². The minimum atomic E-state index is -4.01. The number of rotatable bonds is 4. The van der Waals surface area contributed by atoms with E-state index in [-0.39, 0.29) is 5.75 Å². The van der Waals surface area contributed by atoms with Gasteiger partial charge in [-0.1, -0.05) is 0 Å². The van der Waals surface area contributed by atoms with Crippen LogP contribution in [0.4, 0.5) is 0 Å². The van der Waals surface area contributed by atoms with Gasteiger partial charge in [-0.25, -0.2) is 8.42 Å². The monoisotopic (exact) mass is 221 g/mol. The Morgan fingerprint density at radius 2 is 1.79 bits per heavy atom. The number of piperidine rings is 1. The lowest BCUT2D eigenvalue weighted by Gasteiger charge is -2.37. The zero-order valence-electron chi connectivity index (χ0n) is 8.74. The van der Waals surface area contributed by atoms with Crippen LogP contribution in [-0.4, -0.2) is 49.9 Å². The van der Waals surface area contributed by atoms with E-state index in [2.05, 4.69) is 7.05 Å². The van der Waals surface area contributed by atoms with E-state index >= 15 is 0 Å². The van der Waals surface area contributed by atoms with Crippen LogP contribution in [0, 0.1) is 0 Å². The summed E-state index contributed by atoms with van der Waals surface area (Å²) >= 11 is 0. The van der Waals surface area contributed by atoms with Crippen LogP contribution >= 0.6 is 0 Å². The van der Waals surface area contributed by atoms with Crippen molar-refractivity contribution in [2.24, 2.45) is 0 Å². The first-order valence-corrected chi connectivity index (χ1v) is 6.76. The molecule has 0 aromatic carbocycles. The van der Waals surface area contributed by atoms with E-state index in [0.717, 1.165) is 24.1 Å². The van der Waals surface area contributed by atoms with E-state index in [1.165, 1.54) is 19.3 Å². The molecule has 0 bridgehead atoms. The Bertz CT molecular complexity index is 268. The summed E-state index contributed by atoms with van der Waals surface area (Å²) in [4.78, 5) is 0. The van der Waals surface area contributed by atoms with Crippen LogP contribution in [0.15, 0.2) is 0 Å². The SMILES string of the molecule is C[N+]1(CCCS(=O)(=O)[O-])CCCCC1. The van der Waals surface area contributed by atoms with E-state index in [1.807, 2.05) is 0 Å². The van der Waals surface area contributed by atoms with Crippen LogP contribution in [0.1, 0.15) is 25.7 Å². The highest BCUT2D eigenvalue weighted by Gasteiger charge is 2.23. The molecule has 0 aromatic heterocycles. The Hall–Kier alpha value is -0.130. The second-order valence-corrected chi connectivity index (χ2v) is 5.99. The third-order valence-electron chi connectivity index (χ3n) is 2.99. The smallest absolute Gasteiger partial charge is 0.0948 e. The van der Waals surface area contributed by atoms with E-state index in [9.17, 15) is 13.0 Å². The number of quaternary nitrogens is 1. The van der Waals surface area contributed by atoms with Gasteiger partial charge in [-0.05, 0) is 19.3 Å². The Morgan fingerprint density at radius 3 is 2.29 bits per heavy atom. The van der Waals surface area contributed by atoms with E-state index < -0.39 is 10.1 Å². The van der Waals surface area contributed by atoms with Gasteiger partial charge >= 0.3 is 0 Å². The van der Waals surface area contributed by atoms with E-state index in [0.29, 0.717) is 6.42 Å². The fraction of sp³-hybridized carbons (Fsp3) is 1.00. The highest BCUT2D eigenvalue weighted by Crippen LogP contribution is 2.16. The zero-order valence-corrected chi connectivity index (χ0v) is 9.55. The first-order valence-electron chi connectivity index (χ1n) is 5.18. The Kier molecular flexibility index (Phi) is 3.92. The maximum atomic E-state index is 10.4. The maximum Gasteiger partial charge on any atom is 0.0948 e. The van der Waals surface area contributed by atoms with Gasteiger partial charge in [0.1, 0.15) is 0 Å². The Balaban J connectivity index is 2.29. The number of nitrogens with zero attached hydrogens (tertiary/aromatic N) is 1. The molecule has 0 atom stereocenters. The van der Waals surface area contributed by atoms with E-state index in [4.69, 9.17) is 0 Å². The second kappa shape index (κ2) is 4.59. The molecule has 0 spiro atoms. The standard InChI is InChI=1S/C9H19NO3S/c1-10(6-3-2-4-7-10)8-5-9-14(11,12)13/h2-9H2,1H3. The summed E-state index contributed by atoms with van der Waals surface area (Å²) in [5, 5.41) is 0. The van der Waals surface area contributed by atoms with Gasteiger partial charge in [0.25, 0.3) is 0 Å². The van der Waals surface area contributed by atoms with Crippen molar-refractivity contribution in [3.8, 4) is 0 Å². The molecule has 0 amide bonds. The zero-order chi connectivity index (χ0) is 10.7. The molecular weight excluding hydrogens is 202 g/mol. The van der Waals surface area contributed by atoms with Crippen LogP contribution in [0.5, 0.6) is 0 Å². The number of hydrogen-bond acceptors (Lipinski definition) is 3. The highest BCUT2D eigenvalue weighted by atomic mass is 32.2. The largest absolute Gasteiger partial charge is 0.748 e. The lowest BCUT2D eigenvalue weighted by Crippen LogP contribution is -2.48. The average molecular weight is 221 g/mol. The van der Waals surface area contributed by atoms with E-state index in [1.54, 1.807) is 0 Å². The average Bonchev–Trinajstić information content (AvgIpc) is 2.02. The Labute approximate surface area is 86.3 Å². The second-order valence-electron chi connectivity index (χ2n) is 4.47. The van der Waals surface area contributed by atoms with Crippen molar-refractivity contribution in [3.63, 3.8) is 0 Å². The van der Waals surface area contributed by atoms with Gasteiger partial charge in [0, 0.05) is 12.2 Å². The molecule has 1 aliphatic rings. The molecule has 84 valence electrons. The summed E-state index contributed by atoms with van der Waals surface area (Å²) in [5.74, 6) is -0.208. The number of likely N-dealkylation sites (tertiary alicyclic amines) is 1. The van der Waals surface area contributed by atoms with Gasteiger partial charge in [0.05, 0.1) is 36.8 Å². The van der Waals surface area contributed by atoms with Crippen LogP contribution in [-0.2, 0) is 10.1 Å². The molecule has 0 aromatic rings. The molecule has 1 aliphatic heterocycles. The molecule has 0 saturated carbocycles. The van der Waals surface area contributed by atoms with Crippen LogP contribution in [0.3, 0.4) is 0 Å². The topological polar surface area (TPSA) is 57.2 Å². The summed E-state index contributed by atoms with van der Waals surface area (Å²) in [5.41, 5.74) is 0. The summed E-state index contributed by atoms with van der Waals surface area (Å²) < 4.78 is 32.2.